The number of primary amides is 2. The van der Waals surface area contributed by atoms with Crippen LogP contribution in [0.2, 0.25) is 0 Å². The van der Waals surface area contributed by atoms with Crippen molar-refractivity contribution in [3.05, 3.63) is 0 Å². The van der Waals surface area contributed by atoms with Gasteiger partial charge in [-0.3, -0.25) is 38.4 Å². The van der Waals surface area contributed by atoms with Gasteiger partial charge in [-0.15, -0.1) is 0 Å². The number of aliphatic hydroxyl groups is 2. The summed E-state index contributed by atoms with van der Waals surface area (Å²) in [5, 5.41) is 38.7. The number of nitrogens with two attached hydrogens (primary N) is 3. The minimum atomic E-state index is -1.71. The van der Waals surface area contributed by atoms with Gasteiger partial charge in [-0.05, 0) is 20.3 Å². The van der Waals surface area contributed by atoms with Gasteiger partial charge in [-0.2, -0.15) is 0 Å². The molecule has 0 heterocycles. The number of carbonyl (C=O) groups excluding carboxylic acids is 7. The summed E-state index contributed by atoms with van der Waals surface area (Å²) in [4.78, 5) is 95.0. The molecule has 0 bridgehead atoms. The van der Waals surface area contributed by atoms with E-state index in [0.717, 1.165) is 6.92 Å². The molecule has 0 aromatic carbocycles. The normalized spacial score (nSPS) is 15.1. The van der Waals surface area contributed by atoms with Crippen molar-refractivity contribution in [1.82, 2.24) is 26.6 Å². The third-order valence-corrected chi connectivity index (χ3v) is 5.09. The van der Waals surface area contributed by atoms with Crippen LogP contribution in [0, 0.1) is 0 Å². The third-order valence-electron chi connectivity index (χ3n) is 5.09. The first-order valence-corrected chi connectivity index (χ1v) is 11.8. The maximum Gasteiger partial charge on any atom is 0.322 e. The van der Waals surface area contributed by atoms with Gasteiger partial charge in [0.1, 0.15) is 30.7 Å². The molecule has 7 amide bonds. The van der Waals surface area contributed by atoms with E-state index in [4.69, 9.17) is 22.3 Å². The summed E-state index contributed by atoms with van der Waals surface area (Å²) in [7, 11) is 0. The van der Waals surface area contributed by atoms with E-state index in [1.807, 2.05) is 5.32 Å². The molecular weight excluding hydrogens is 540 g/mol. The molecule has 0 aliphatic rings. The van der Waals surface area contributed by atoms with Crippen LogP contribution in [0.5, 0.6) is 0 Å². The summed E-state index contributed by atoms with van der Waals surface area (Å²) in [6, 6.07) is -6.18. The molecule has 14 N–H and O–H groups in total. The molecule has 0 aliphatic carbocycles. The van der Waals surface area contributed by atoms with E-state index in [1.165, 1.54) is 6.92 Å². The Bertz CT molecular complexity index is 972. The highest BCUT2D eigenvalue weighted by atomic mass is 16.4. The molecule has 0 spiro atoms. The van der Waals surface area contributed by atoms with Crippen molar-refractivity contribution >= 4 is 47.3 Å². The number of aliphatic carboxylic acids is 1. The lowest BCUT2D eigenvalue weighted by molar-refractivity contribution is -0.138. The average molecular weight is 577 g/mol. The molecule has 226 valence electrons. The number of carbonyl (C=O) groups is 8. The van der Waals surface area contributed by atoms with Crippen LogP contribution in [0.4, 0.5) is 0 Å². The van der Waals surface area contributed by atoms with Gasteiger partial charge in [0.2, 0.25) is 41.4 Å². The number of aliphatic hydroxyl groups excluding tert-OH is 2. The Kier molecular flexibility index (Phi) is 15.4. The zero-order valence-corrected chi connectivity index (χ0v) is 21.8. The molecule has 0 radical (unpaired) electrons. The Labute approximate surface area is 227 Å². The van der Waals surface area contributed by atoms with Crippen LogP contribution in [0.1, 0.15) is 33.1 Å². The molecule has 0 rings (SSSR count). The second-order valence-electron chi connectivity index (χ2n) is 8.68. The van der Waals surface area contributed by atoms with Gasteiger partial charge in [0.05, 0.1) is 25.2 Å². The van der Waals surface area contributed by atoms with Gasteiger partial charge in [0, 0.05) is 6.42 Å². The fourth-order valence-corrected chi connectivity index (χ4v) is 2.92. The maximum absolute atomic E-state index is 12.7. The molecule has 0 saturated heterocycles. The molecule has 0 fully saturated rings. The number of rotatable bonds is 18. The lowest BCUT2D eigenvalue weighted by atomic mass is 10.1. The van der Waals surface area contributed by atoms with Gasteiger partial charge in [-0.25, -0.2) is 0 Å². The molecule has 0 aromatic heterocycles. The minimum absolute atomic E-state index is 0.279. The summed E-state index contributed by atoms with van der Waals surface area (Å²) in [5.41, 5.74) is 15.6. The molecule has 6 atom stereocenters. The minimum Gasteiger partial charge on any atom is -0.480 e. The molecule has 0 saturated carbocycles. The van der Waals surface area contributed by atoms with Crippen molar-refractivity contribution in [2.45, 2.75) is 69.5 Å². The molecule has 19 nitrogen and oxygen atoms in total. The van der Waals surface area contributed by atoms with Crippen molar-refractivity contribution in [1.29, 1.82) is 0 Å². The smallest absolute Gasteiger partial charge is 0.322 e. The predicted molar refractivity (Wildman–Crippen MR) is 133 cm³/mol. The highest BCUT2D eigenvalue weighted by Crippen LogP contribution is 2.01. The maximum atomic E-state index is 12.7. The molecule has 0 unspecified atom stereocenters. The fourth-order valence-electron chi connectivity index (χ4n) is 2.92. The van der Waals surface area contributed by atoms with Crippen molar-refractivity contribution in [3.8, 4) is 0 Å². The second-order valence-corrected chi connectivity index (χ2v) is 8.68. The lowest BCUT2D eigenvalue weighted by Gasteiger charge is -2.25. The predicted octanol–water partition coefficient (Wildman–Crippen LogP) is -7.01. The Morgan fingerprint density at radius 3 is 1.75 bits per heavy atom. The Morgan fingerprint density at radius 2 is 1.27 bits per heavy atom. The number of hydrogen-bond donors (Lipinski definition) is 11. The number of carboxylic acids is 1. The first-order valence-electron chi connectivity index (χ1n) is 11.8. The quantitative estimate of drug-likeness (QED) is 0.0725. The van der Waals surface area contributed by atoms with Crippen LogP contribution < -0.4 is 43.8 Å². The van der Waals surface area contributed by atoms with Crippen molar-refractivity contribution in [3.63, 3.8) is 0 Å². The molecule has 0 aromatic rings. The number of carboxylic acid groups (broad SMARTS) is 1. The fraction of sp³-hybridized carbons (Fsp3) is 0.619. The van der Waals surface area contributed by atoms with Crippen LogP contribution in [0.25, 0.3) is 0 Å². The van der Waals surface area contributed by atoms with Crippen LogP contribution in [-0.2, 0) is 38.4 Å². The number of nitrogens with one attached hydrogen (secondary N) is 5. The van der Waals surface area contributed by atoms with E-state index < -0.39 is 103 Å². The second kappa shape index (κ2) is 17.3. The first kappa shape index (κ1) is 35.6. The Balaban J connectivity index is 5.35. The van der Waals surface area contributed by atoms with Gasteiger partial charge in [0.15, 0.2) is 0 Å². The van der Waals surface area contributed by atoms with Crippen LogP contribution in [-0.4, -0.2) is 112 Å². The van der Waals surface area contributed by atoms with Gasteiger partial charge in [-0.1, -0.05) is 0 Å². The molecule has 40 heavy (non-hydrogen) atoms. The van der Waals surface area contributed by atoms with Crippen molar-refractivity contribution < 1.29 is 53.7 Å². The summed E-state index contributed by atoms with van der Waals surface area (Å²) >= 11 is 0. The van der Waals surface area contributed by atoms with Gasteiger partial charge >= 0.3 is 5.97 Å². The van der Waals surface area contributed by atoms with E-state index in [0.29, 0.717) is 0 Å². The van der Waals surface area contributed by atoms with Crippen LogP contribution in [0.15, 0.2) is 0 Å². The van der Waals surface area contributed by atoms with Crippen molar-refractivity contribution in [2.24, 2.45) is 17.2 Å². The van der Waals surface area contributed by atoms with E-state index in [1.54, 1.807) is 0 Å². The van der Waals surface area contributed by atoms with E-state index in [-0.39, 0.29) is 12.8 Å². The Hall–Kier alpha value is -4.36. The first-order chi connectivity index (χ1) is 18.5. The summed E-state index contributed by atoms with van der Waals surface area (Å²) < 4.78 is 0. The largest absolute Gasteiger partial charge is 0.480 e. The zero-order valence-electron chi connectivity index (χ0n) is 21.8. The average Bonchev–Trinajstić information content (AvgIpc) is 2.84. The van der Waals surface area contributed by atoms with Crippen LogP contribution >= 0.6 is 0 Å². The SMILES string of the molecule is C[C@@H](O)[C@H](N)C(=O)N[C@@H](CC(N)=O)C(=O)N[C@H](C(=O)NCC(=O)N[C@@H](CCC(N)=O)C(=O)NCC(=O)O)[C@@H](C)O. The standard InChI is InChI=1S/C21H36N8O11/c1-8(30)16(24)20(39)28-11(5-13(23)33)19(38)29-17(9(2)31)21(40)25-6-14(34)27-10(3-4-12(22)32)18(37)26-7-15(35)36/h8-11,16-17,30-31H,3-7,24H2,1-2H3,(H2,22,32)(H2,23,33)(H,25,40)(H,26,37)(H,27,34)(H,28,39)(H,29,38)(H,35,36)/t8-,9-,10+,11+,16+,17+/m1/s1. The third kappa shape index (κ3) is 14.0. The monoisotopic (exact) mass is 576 g/mol. The number of amides is 7. The number of hydrogen-bond acceptors (Lipinski definition) is 11. The topological polar surface area (TPSA) is 335 Å². The van der Waals surface area contributed by atoms with Crippen molar-refractivity contribution in [2.75, 3.05) is 13.1 Å². The van der Waals surface area contributed by atoms with Crippen LogP contribution in [0.3, 0.4) is 0 Å². The molecular formula is C21H36N8O11. The zero-order chi connectivity index (χ0) is 31.2. The summed E-state index contributed by atoms with van der Waals surface area (Å²) in [6.45, 7) is 0.764. The lowest BCUT2D eigenvalue weighted by Crippen LogP contribution is -2.60. The van der Waals surface area contributed by atoms with Gasteiger partial charge < -0.3 is 59.1 Å². The summed E-state index contributed by atoms with van der Waals surface area (Å²) in [6.07, 6.45) is -4.20. The Morgan fingerprint density at radius 1 is 0.700 bits per heavy atom. The summed E-state index contributed by atoms with van der Waals surface area (Å²) in [5.74, 6) is -8.30. The molecule has 19 heteroatoms. The van der Waals surface area contributed by atoms with Gasteiger partial charge in [0.25, 0.3) is 0 Å². The highest BCUT2D eigenvalue weighted by molar-refractivity contribution is 5.97. The molecule has 0 aliphatic heterocycles. The highest BCUT2D eigenvalue weighted by Gasteiger charge is 2.32. The van der Waals surface area contributed by atoms with E-state index >= 15 is 0 Å². The van der Waals surface area contributed by atoms with E-state index in [2.05, 4.69) is 21.3 Å². The van der Waals surface area contributed by atoms with E-state index in [9.17, 15) is 48.6 Å².